The van der Waals surface area contributed by atoms with E-state index in [1.54, 1.807) is 80.2 Å². The number of imidazole rings is 2. The Hall–Kier alpha value is -9.63. The highest BCUT2D eigenvalue weighted by molar-refractivity contribution is 5.86. The van der Waals surface area contributed by atoms with E-state index in [9.17, 15) is 13.6 Å². The minimum atomic E-state index is -0.483. The van der Waals surface area contributed by atoms with Crippen LogP contribution in [0.15, 0.2) is 135 Å². The molecule has 6 aromatic heterocycles. The first kappa shape index (κ1) is 49.6. The minimum Gasteiger partial charge on any atom is -0.489 e. The second-order valence-corrected chi connectivity index (χ2v) is 18.5. The lowest BCUT2D eigenvalue weighted by atomic mass is 9.99. The Bertz CT molecular complexity index is 3760. The van der Waals surface area contributed by atoms with Gasteiger partial charge < -0.3 is 40.6 Å². The van der Waals surface area contributed by atoms with Crippen LogP contribution in [-0.2, 0) is 18.0 Å². The molecule has 2 saturated heterocycles. The van der Waals surface area contributed by atoms with E-state index >= 15 is 0 Å². The number of aryl methyl sites for hydroxylation is 2. The van der Waals surface area contributed by atoms with Gasteiger partial charge in [-0.05, 0) is 62.4 Å². The lowest BCUT2D eigenvalue weighted by molar-refractivity contribution is -0.133. The molecule has 2 aliphatic heterocycles. The van der Waals surface area contributed by atoms with Gasteiger partial charge in [-0.25, -0.2) is 48.7 Å². The smallest absolute Gasteiger partial charge is 0.219 e. The monoisotopic (exact) mass is 1040 g/mol. The third-order valence-electron chi connectivity index (χ3n) is 13.0. The van der Waals surface area contributed by atoms with Crippen LogP contribution in [0.25, 0.3) is 33.5 Å². The summed E-state index contributed by atoms with van der Waals surface area (Å²) in [5.41, 5.74) is 18.7. The number of ether oxygens (including phenoxy) is 4. The zero-order valence-corrected chi connectivity index (χ0v) is 42.0. The summed E-state index contributed by atoms with van der Waals surface area (Å²) in [5.74, 6) is 5.81. The van der Waals surface area contributed by atoms with Crippen LogP contribution in [0, 0.1) is 25.5 Å². The van der Waals surface area contributed by atoms with Crippen molar-refractivity contribution < 1.29 is 32.5 Å². The number of anilines is 2. The maximum Gasteiger partial charge on any atom is 0.219 e. The standard InChI is InChI=1S/C29H26FN7O3.C27H24FN7O2/c1-17-33-12-19(13-34-17)16-39-24-9-22(30)10-25(11-24)40-23-5-3-20(4-6-23)26-27-28(31)32-7-8-37(27)29(35-26)21-14-36(15-21)18(2)38;1-16-32-11-17(12-33-16)15-36-22-8-20(28)9-23(10-22)37-21-4-2-18(3-5-21)24-25-26(29)31-6-7-35(25)27(34-24)19-13-30-14-19/h3-13,21H,14-16H2,1-2H3,(H2,31,32);2-12,19,30H,13-15H2,1H3,(H2,29,31). The van der Waals surface area contributed by atoms with E-state index < -0.39 is 11.6 Å². The topological polar surface area (TPSA) is 233 Å². The van der Waals surface area contributed by atoms with E-state index in [2.05, 4.69) is 35.2 Å². The van der Waals surface area contributed by atoms with E-state index in [1.807, 2.05) is 64.5 Å². The van der Waals surface area contributed by atoms with E-state index in [0.29, 0.717) is 88.0 Å². The second-order valence-electron chi connectivity index (χ2n) is 18.5. The second kappa shape index (κ2) is 21.3. The van der Waals surface area contributed by atoms with Gasteiger partial charge in [-0.3, -0.25) is 13.6 Å². The summed E-state index contributed by atoms with van der Waals surface area (Å²) in [4.78, 5) is 48.4. The van der Waals surface area contributed by atoms with Crippen molar-refractivity contribution in [1.82, 2.24) is 58.9 Å². The number of rotatable bonds is 14. The zero-order chi connectivity index (χ0) is 53.2. The maximum atomic E-state index is 14.3. The normalized spacial score (nSPS) is 13.4. The molecule has 4 aromatic carbocycles. The third-order valence-corrected chi connectivity index (χ3v) is 13.0. The van der Waals surface area contributed by atoms with Gasteiger partial charge in [0.2, 0.25) is 5.91 Å². The molecular formula is C56H50F2N14O5. The number of nitrogen functional groups attached to an aromatic ring is 2. The van der Waals surface area contributed by atoms with Gasteiger partial charge in [-0.2, -0.15) is 0 Å². The Morgan fingerprint density at radius 1 is 0.584 bits per heavy atom. The van der Waals surface area contributed by atoms with Crippen LogP contribution >= 0.6 is 0 Å². The summed E-state index contributed by atoms with van der Waals surface area (Å²) < 4.78 is 55.8. The Morgan fingerprint density at radius 3 is 1.40 bits per heavy atom. The Balaban J connectivity index is 0.000000164. The van der Waals surface area contributed by atoms with Crippen molar-refractivity contribution >= 4 is 28.6 Å². The van der Waals surface area contributed by atoms with E-state index in [-0.39, 0.29) is 25.0 Å². The fraction of sp³-hybridized carbons (Fsp3) is 0.196. The fourth-order valence-corrected chi connectivity index (χ4v) is 8.84. The molecule has 0 unspecified atom stereocenters. The van der Waals surface area contributed by atoms with Crippen molar-refractivity contribution in [2.24, 2.45) is 0 Å². The Kier molecular flexibility index (Phi) is 13.7. The summed E-state index contributed by atoms with van der Waals surface area (Å²) in [6.45, 7) is 8.57. The molecule has 21 heteroatoms. The molecule has 2 aliphatic rings. The molecule has 0 aliphatic carbocycles. The summed E-state index contributed by atoms with van der Waals surface area (Å²) >= 11 is 0. The van der Waals surface area contributed by atoms with Crippen LogP contribution in [-0.4, -0.2) is 85.7 Å². The number of likely N-dealkylation sites (tertiary alicyclic amines) is 1. The van der Waals surface area contributed by atoms with Crippen molar-refractivity contribution in [3.8, 4) is 57.0 Å². The van der Waals surface area contributed by atoms with Gasteiger partial charge in [0.25, 0.3) is 0 Å². The highest BCUT2D eigenvalue weighted by Crippen LogP contribution is 2.37. The fourth-order valence-electron chi connectivity index (χ4n) is 8.84. The quantitative estimate of drug-likeness (QED) is 0.0923. The van der Waals surface area contributed by atoms with Crippen molar-refractivity contribution in [3.63, 3.8) is 0 Å². The molecule has 0 radical (unpaired) electrons. The van der Waals surface area contributed by atoms with Gasteiger partial charge in [0, 0.05) is 147 Å². The molecule has 0 saturated carbocycles. The molecule has 0 atom stereocenters. The van der Waals surface area contributed by atoms with Crippen molar-refractivity contribution in [3.05, 3.63) is 181 Å². The number of nitrogens with two attached hydrogens (primary N) is 2. The largest absolute Gasteiger partial charge is 0.489 e. The number of carbonyl (C=O) groups is 1. The van der Waals surface area contributed by atoms with Gasteiger partial charge >= 0.3 is 0 Å². The predicted molar refractivity (Wildman–Crippen MR) is 281 cm³/mol. The maximum absolute atomic E-state index is 14.3. The number of carbonyl (C=O) groups excluding carboxylic acids is 1. The number of nitrogens with one attached hydrogen (secondary N) is 1. The molecular weight excluding hydrogens is 987 g/mol. The van der Waals surface area contributed by atoms with Crippen LogP contribution < -0.4 is 35.7 Å². The summed E-state index contributed by atoms with van der Waals surface area (Å²) in [7, 11) is 0. The number of amides is 1. The van der Waals surface area contributed by atoms with E-state index in [1.165, 1.54) is 24.3 Å². The van der Waals surface area contributed by atoms with E-state index in [4.69, 9.17) is 40.4 Å². The number of halogens is 2. The predicted octanol–water partition coefficient (Wildman–Crippen LogP) is 8.81. The summed E-state index contributed by atoms with van der Waals surface area (Å²) in [5, 5.41) is 3.29. The number of fused-ring (bicyclic) bond motifs is 2. The Labute approximate surface area is 439 Å². The summed E-state index contributed by atoms with van der Waals surface area (Å²) in [6, 6.07) is 23.2. The number of aromatic nitrogens is 10. The highest BCUT2D eigenvalue weighted by atomic mass is 19.1. The average Bonchev–Trinajstić information content (AvgIpc) is 4.20. The van der Waals surface area contributed by atoms with Crippen molar-refractivity contribution in [2.45, 2.75) is 45.8 Å². The summed E-state index contributed by atoms with van der Waals surface area (Å²) in [6.07, 6.45) is 13.8. The molecule has 77 heavy (non-hydrogen) atoms. The van der Waals surface area contributed by atoms with E-state index in [0.717, 1.165) is 58.2 Å². The number of nitrogens with zero attached hydrogens (tertiary/aromatic N) is 11. The SMILES string of the molecule is CC(=O)N1CC(c2nc(-c3ccc(Oc4cc(F)cc(OCc5cnc(C)nc5)c4)cc3)c3c(N)nccn23)C1.Cc1ncc(COc2cc(F)cc(Oc3ccc(-c4nc(C5CNC5)n5ccnc(N)c45)cc3)c2)cn1. The molecule has 1 amide bonds. The molecule has 388 valence electrons. The van der Waals surface area contributed by atoms with Crippen LogP contribution in [0.5, 0.6) is 34.5 Å². The van der Waals surface area contributed by atoms with Crippen LogP contribution in [0.1, 0.15) is 53.2 Å². The lowest BCUT2D eigenvalue weighted by Crippen LogP contribution is -2.48. The van der Waals surface area contributed by atoms with Crippen LogP contribution in [0.3, 0.4) is 0 Å². The first-order valence-corrected chi connectivity index (χ1v) is 24.6. The molecule has 19 nitrogen and oxygen atoms in total. The Morgan fingerprint density at radius 2 is 1.00 bits per heavy atom. The zero-order valence-electron chi connectivity index (χ0n) is 42.0. The van der Waals surface area contributed by atoms with Gasteiger partial charge in [0.05, 0.1) is 5.92 Å². The highest BCUT2D eigenvalue weighted by Gasteiger charge is 2.34. The number of benzene rings is 4. The van der Waals surface area contributed by atoms with Gasteiger partial charge in [0.15, 0.2) is 0 Å². The third kappa shape index (κ3) is 11.0. The average molecular weight is 1040 g/mol. The van der Waals surface area contributed by atoms with Crippen LogP contribution in [0.2, 0.25) is 0 Å². The molecule has 8 heterocycles. The van der Waals surface area contributed by atoms with Gasteiger partial charge in [-0.15, -0.1) is 0 Å². The minimum absolute atomic E-state index is 0.0481. The van der Waals surface area contributed by atoms with Crippen LogP contribution in [0.4, 0.5) is 20.4 Å². The molecule has 2 fully saturated rings. The van der Waals surface area contributed by atoms with Crippen molar-refractivity contribution in [1.29, 1.82) is 0 Å². The number of hydrogen-bond donors (Lipinski definition) is 3. The van der Waals surface area contributed by atoms with Crippen molar-refractivity contribution in [2.75, 3.05) is 37.6 Å². The molecule has 0 spiro atoms. The first-order valence-electron chi connectivity index (χ1n) is 24.6. The molecule has 12 rings (SSSR count). The van der Waals surface area contributed by atoms with Gasteiger partial charge in [0.1, 0.15) is 117 Å². The molecule has 10 aromatic rings. The molecule has 5 N–H and O–H groups in total. The number of hydrogen-bond acceptors (Lipinski definition) is 16. The first-order chi connectivity index (χ1) is 37.4. The molecule has 0 bridgehead atoms. The van der Waals surface area contributed by atoms with Gasteiger partial charge in [-0.1, -0.05) is 0 Å². The lowest BCUT2D eigenvalue weighted by Gasteiger charge is -2.37.